The Balaban J connectivity index is 1.89. The van der Waals surface area contributed by atoms with E-state index in [-0.39, 0.29) is 12.3 Å². The molecule has 3 rings (SSSR count). The van der Waals surface area contributed by atoms with E-state index < -0.39 is 5.91 Å². The summed E-state index contributed by atoms with van der Waals surface area (Å²) in [6.45, 7) is 0.624. The summed E-state index contributed by atoms with van der Waals surface area (Å²) in [5.41, 5.74) is 2.00. The van der Waals surface area contributed by atoms with Gasteiger partial charge >= 0.3 is 0 Å². The van der Waals surface area contributed by atoms with E-state index in [1.54, 1.807) is 13.1 Å². The summed E-state index contributed by atoms with van der Waals surface area (Å²) in [6.07, 6.45) is 2.50. The summed E-state index contributed by atoms with van der Waals surface area (Å²) in [5, 5.41) is 5.22. The van der Waals surface area contributed by atoms with Gasteiger partial charge in [-0.2, -0.15) is 10.1 Å². The molecular formula is C18H18N4O2. The zero-order valence-corrected chi connectivity index (χ0v) is 13.4. The summed E-state index contributed by atoms with van der Waals surface area (Å²) in [4.78, 5) is 28.0. The molecule has 0 fully saturated rings. The van der Waals surface area contributed by atoms with Crippen molar-refractivity contribution >= 4 is 17.5 Å². The first-order valence-corrected chi connectivity index (χ1v) is 7.76. The van der Waals surface area contributed by atoms with Crippen LogP contribution in [0.25, 0.3) is 0 Å². The summed E-state index contributed by atoms with van der Waals surface area (Å²) in [5.74, 6) is -0.493. The molecule has 0 radical (unpaired) electrons. The molecule has 6 heteroatoms. The van der Waals surface area contributed by atoms with Crippen LogP contribution in [0.2, 0.25) is 0 Å². The van der Waals surface area contributed by atoms with Crippen LogP contribution in [0.4, 0.5) is 0 Å². The van der Waals surface area contributed by atoms with Crippen LogP contribution in [0, 0.1) is 0 Å². The minimum absolute atomic E-state index is 0.0922. The fourth-order valence-corrected chi connectivity index (χ4v) is 2.47. The molecule has 2 amide bonds. The lowest BCUT2D eigenvalue weighted by atomic mass is 10.1. The van der Waals surface area contributed by atoms with Crippen molar-refractivity contribution < 1.29 is 9.59 Å². The number of carbonyl (C=O) groups is 2. The van der Waals surface area contributed by atoms with E-state index in [1.807, 2.05) is 53.2 Å². The first-order chi connectivity index (χ1) is 11.6. The van der Waals surface area contributed by atoms with Gasteiger partial charge in [-0.3, -0.25) is 9.59 Å². The van der Waals surface area contributed by atoms with Crippen LogP contribution in [0.1, 0.15) is 18.4 Å². The van der Waals surface area contributed by atoms with Crippen molar-refractivity contribution in [3.8, 4) is 0 Å². The Kier molecular flexibility index (Phi) is 4.65. The van der Waals surface area contributed by atoms with Crippen LogP contribution >= 0.6 is 0 Å². The van der Waals surface area contributed by atoms with Gasteiger partial charge in [0, 0.05) is 32.6 Å². The molecule has 1 aliphatic rings. The molecule has 2 heterocycles. The van der Waals surface area contributed by atoms with Gasteiger partial charge in [-0.25, -0.2) is 5.01 Å². The number of hydrogen-bond donors (Lipinski definition) is 0. The van der Waals surface area contributed by atoms with E-state index in [4.69, 9.17) is 0 Å². The largest absolute Gasteiger partial charge is 0.328 e. The second-order valence-corrected chi connectivity index (χ2v) is 5.55. The number of nitrogens with zero attached hydrogens (tertiary/aromatic N) is 4. The molecule has 0 N–H and O–H groups in total. The second kappa shape index (κ2) is 7.04. The SMILES string of the molecule is CN1N=C(C(=O)N=c2ccccn2Cc2ccccc2)CCC1=O. The minimum Gasteiger partial charge on any atom is -0.328 e. The van der Waals surface area contributed by atoms with E-state index in [0.717, 1.165) is 5.56 Å². The summed E-state index contributed by atoms with van der Waals surface area (Å²) in [6, 6.07) is 15.5. The average molecular weight is 322 g/mol. The molecule has 1 aromatic heterocycles. The van der Waals surface area contributed by atoms with Gasteiger partial charge in [0.15, 0.2) is 0 Å². The molecule has 0 saturated heterocycles. The smallest absolute Gasteiger partial charge is 0.295 e. The van der Waals surface area contributed by atoms with Crippen molar-refractivity contribution in [1.29, 1.82) is 0 Å². The average Bonchev–Trinajstić information content (AvgIpc) is 2.60. The van der Waals surface area contributed by atoms with E-state index in [9.17, 15) is 9.59 Å². The number of benzene rings is 1. The van der Waals surface area contributed by atoms with E-state index >= 15 is 0 Å². The van der Waals surface area contributed by atoms with Gasteiger partial charge in [0.1, 0.15) is 11.2 Å². The lowest BCUT2D eigenvalue weighted by Crippen LogP contribution is -2.32. The topological polar surface area (TPSA) is 67.0 Å². The number of pyridine rings is 1. The molecule has 0 aliphatic carbocycles. The number of aromatic nitrogens is 1. The Hall–Kier alpha value is -3.02. The molecule has 6 nitrogen and oxygen atoms in total. The predicted octanol–water partition coefficient (Wildman–Crippen LogP) is 1.57. The fraction of sp³-hybridized carbons (Fsp3) is 0.222. The third-order valence-corrected chi connectivity index (χ3v) is 3.78. The normalized spacial score (nSPS) is 15.4. The van der Waals surface area contributed by atoms with Crippen molar-refractivity contribution in [2.45, 2.75) is 19.4 Å². The zero-order chi connectivity index (χ0) is 16.9. The highest BCUT2D eigenvalue weighted by atomic mass is 16.2. The third kappa shape index (κ3) is 3.65. The molecule has 1 aliphatic heterocycles. The third-order valence-electron chi connectivity index (χ3n) is 3.78. The highest BCUT2D eigenvalue weighted by molar-refractivity contribution is 6.39. The molecule has 122 valence electrons. The number of carbonyl (C=O) groups excluding carboxylic acids is 2. The van der Waals surface area contributed by atoms with Crippen molar-refractivity contribution in [2.75, 3.05) is 7.05 Å². The quantitative estimate of drug-likeness (QED) is 0.861. The molecular weight excluding hydrogens is 304 g/mol. The number of hydrogen-bond acceptors (Lipinski definition) is 3. The van der Waals surface area contributed by atoms with Gasteiger partial charge in [-0.15, -0.1) is 0 Å². The van der Waals surface area contributed by atoms with Crippen LogP contribution in [0.5, 0.6) is 0 Å². The summed E-state index contributed by atoms with van der Waals surface area (Å²) >= 11 is 0. The zero-order valence-electron chi connectivity index (χ0n) is 13.4. The van der Waals surface area contributed by atoms with Gasteiger partial charge in [-0.1, -0.05) is 36.4 Å². The molecule has 0 atom stereocenters. The Labute approximate surface area is 139 Å². The second-order valence-electron chi connectivity index (χ2n) is 5.55. The first kappa shape index (κ1) is 15.9. The number of rotatable bonds is 3. The lowest BCUT2D eigenvalue weighted by Gasteiger charge is -2.17. The first-order valence-electron chi connectivity index (χ1n) is 7.76. The van der Waals surface area contributed by atoms with Gasteiger partial charge in [-0.05, 0) is 17.7 Å². The molecule has 0 spiro atoms. The summed E-state index contributed by atoms with van der Waals surface area (Å²) < 4.78 is 1.91. The number of amides is 2. The summed E-state index contributed by atoms with van der Waals surface area (Å²) in [7, 11) is 1.55. The molecule has 0 saturated carbocycles. The fourth-order valence-electron chi connectivity index (χ4n) is 2.47. The number of hydrazone groups is 1. The lowest BCUT2D eigenvalue weighted by molar-refractivity contribution is -0.130. The van der Waals surface area contributed by atoms with Crippen LogP contribution < -0.4 is 5.49 Å². The van der Waals surface area contributed by atoms with E-state index in [1.165, 1.54) is 5.01 Å². The van der Waals surface area contributed by atoms with Crippen LogP contribution in [-0.2, 0) is 16.1 Å². The molecule has 24 heavy (non-hydrogen) atoms. The van der Waals surface area contributed by atoms with Crippen molar-refractivity contribution in [3.63, 3.8) is 0 Å². The van der Waals surface area contributed by atoms with E-state index in [0.29, 0.717) is 24.2 Å². The maximum absolute atomic E-state index is 12.4. The van der Waals surface area contributed by atoms with Gasteiger partial charge < -0.3 is 4.57 Å². The van der Waals surface area contributed by atoms with Crippen molar-refractivity contribution in [3.05, 3.63) is 65.8 Å². The molecule has 2 aromatic rings. The predicted molar refractivity (Wildman–Crippen MR) is 90.0 cm³/mol. The van der Waals surface area contributed by atoms with Crippen LogP contribution in [0.15, 0.2) is 64.8 Å². The van der Waals surface area contributed by atoms with Crippen molar-refractivity contribution in [2.24, 2.45) is 10.1 Å². The Morgan fingerprint density at radius 2 is 1.88 bits per heavy atom. The minimum atomic E-state index is -0.401. The van der Waals surface area contributed by atoms with Gasteiger partial charge in [0.25, 0.3) is 5.91 Å². The highest BCUT2D eigenvalue weighted by Crippen LogP contribution is 2.08. The Bertz CT molecular complexity index is 853. The molecule has 0 bridgehead atoms. The maximum Gasteiger partial charge on any atom is 0.295 e. The van der Waals surface area contributed by atoms with Crippen LogP contribution in [0.3, 0.4) is 0 Å². The Morgan fingerprint density at radius 3 is 2.62 bits per heavy atom. The Morgan fingerprint density at radius 1 is 1.12 bits per heavy atom. The monoisotopic (exact) mass is 322 g/mol. The molecule has 1 aromatic carbocycles. The maximum atomic E-state index is 12.4. The molecule has 0 unspecified atom stereocenters. The standard InChI is InChI=1S/C18H18N4O2/c1-21-17(23)11-10-15(20-21)18(24)19-16-9-5-6-12-22(16)13-14-7-3-2-4-8-14/h2-9,12H,10-11,13H2,1H3. The van der Waals surface area contributed by atoms with E-state index in [2.05, 4.69) is 10.1 Å². The highest BCUT2D eigenvalue weighted by Gasteiger charge is 2.21. The van der Waals surface area contributed by atoms with Gasteiger partial charge in [0.05, 0.1) is 0 Å². The van der Waals surface area contributed by atoms with Crippen LogP contribution in [-0.4, -0.2) is 34.1 Å². The van der Waals surface area contributed by atoms with Crippen molar-refractivity contribution in [1.82, 2.24) is 9.58 Å². The van der Waals surface area contributed by atoms with Gasteiger partial charge in [0.2, 0.25) is 5.91 Å².